The van der Waals surface area contributed by atoms with Crippen LogP contribution in [-0.4, -0.2) is 30.6 Å². The third-order valence-corrected chi connectivity index (χ3v) is 6.14. The van der Waals surface area contributed by atoms with Gasteiger partial charge in [0.1, 0.15) is 5.75 Å². The van der Waals surface area contributed by atoms with Gasteiger partial charge in [0.25, 0.3) is 0 Å². The van der Waals surface area contributed by atoms with Gasteiger partial charge in [0, 0.05) is 24.1 Å². The van der Waals surface area contributed by atoms with Crippen LogP contribution in [0.5, 0.6) is 5.75 Å². The zero-order valence-electron chi connectivity index (χ0n) is 19.2. The molecule has 0 aliphatic carbocycles. The highest BCUT2D eigenvalue weighted by atomic mass is 19.4. The molecule has 2 heterocycles. The highest BCUT2D eigenvalue weighted by molar-refractivity contribution is 5.80. The second kappa shape index (κ2) is 11.4. The number of amides is 1. The van der Waals surface area contributed by atoms with Crippen molar-refractivity contribution in [2.45, 2.75) is 31.5 Å². The fourth-order valence-electron chi connectivity index (χ4n) is 4.38. The molecule has 0 saturated carbocycles. The molecule has 2 aromatic carbocycles. The first-order valence-electron chi connectivity index (χ1n) is 11.7. The Balaban J connectivity index is 1.69. The zero-order valence-corrected chi connectivity index (χ0v) is 19.2. The Kier molecular flexibility index (Phi) is 8.02. The van der Waals surface area contributed by atoms with Crippen LogP contribution < -0.4 is 15.4 Å². The molecule has 1 saturated heterocycles. The number of pyridine rings is 1. The van der Waals surface area contributed by atoms with Crippen LogP contribution in [0, 0.1) is 5.92 Å². The summed E-state index contributed by atoms with van der Waals surface area (Å²) in [7, 11) is 0. The smallest absolute Gasteiger partial charge is 0.417 e. The fraction of sp³-hybridized carbons (Fsp3) is 0.333. The number of halogens is 3. The molecule has 1 aliphatic heterocycles. The van der Waals surface area contributed by atoms with Gasteiger partial charge < -0.3 is 15.4 Å². The minimum absolute atomic E-state index is 0.0177. The zero-order chi connectivity index (χ0) is 24.7. The van der Waals surface area contributed by atoms with Gasteiger partial charge in [-0.15, -0.1) is 0 Å². The van der Waals surface area contributed by atoms with E-state index >= 15 is 0 Å². The summed E-state index contributed by atoms with van der Waals surface area (Å²) in [5.41, 5.74) is -0.215. The standard InChI is InChI=1S/C27H28F3N3O2/c28-27(29,30)22-10-6-9-21(25(22)24-11-4-5-15-32-24)23(14-18-35-20-7-2-1-3-8-20)33-26(34)19-12-16-31-17-13-19/h1-11,15,19,23,31H,12-14,16-18H2,(H,33,34). The Morgan fingerprint density at radius 3 is 2.46 bits per heavy atom. The predicted octanol–water partition coefficient (Wildman–Crippen LogP) is 5.39. The summed E-state index contributed by atoms with van der Waals surface area (Å²) in [6, 6.07) is 17.4. The summed E-state index contributed by atoms with van der Waals surface area (Å²) < 4.78 is 48.0. The molecule has 8 heteroatoms. The molecule has 2 N–H and O–H groups in total. The van der Waals surface area contributed by atoms with Crippen molar-refractivity contribution in [1.29, 1.82) is 0 Å². The van der Waals surface area contributed by atoms with Gasteiger partial charge in [-0.2, -0.15) is 13.2 Å². The van der Waals surface area contributed by atoms with Gasteiger partial charge in [0.2, 0.25) is 5.91 Å². The maximum Gasteiger partial charge on any atom is 0.417 e. The molecule has 0 bridgehead atoms. The number of ether oxygens (including phenoxy) is 1. The normalized spacial score (nSPS) is 15.4. The third-order valence-electron chi connectivity index (χ3n) is 6.14. The van der Waals surface area contributed by atoms with Crippen molar-refractivity contribution in [2.75, 3.05) is 19.7 Å². The van der Waals surface area contributed by atoms with Crippen LogP contribution >= 0.6 is 0 Å². The number of carbonyl (C=O) groups excluding carboxylic acids is 1. The van der Waals surface area contributed by atoms with E-state index in [1.807, 2.05) is 30.3 Å². The van der Waals surface area contributed by atoms with Gasteiger partial charge in [0.15, 0.2) is 0 Å². The lowest BCUT2D eigenvalue weighted by atomic mass is 9.90. The van der Waals surface area contributed by atoms with E-state index in [4.69, 9.17) is 4.74 Å². The lowest BCUT2D eigenvalue weighted by Crippen LogP contribution is -2.40. The van der Waals surface area contributed by atoms with Gasteiger partial charge in [-0.3, -0.25) is 9.78 Å². The molecule has 4 rings (SSSR count). The largest absolute Gasteiger partial charge is 0.494 e. The van der Waals surface area contributed by atoms with Gasteiger partial charge >= 0.3 is 6.18 Å². The molecular weight excluding hydrogens is 455 g/mol. The van der Waals surface area contributed by atoms with E-state index in [9.17, 15) is 18.0 Å². The van der Waals surface area contributed by atoms with Crippen molar-refractivity contribution in [1.82, 2.24) is 15.6 Å². The molecule has 1 aliphatic rings. The Bertz CT molecular complexity index is 1100. The summed E-state index contributed by atoms with van der Waals surface area (Å²) in [5.74, 6) is 0.323. The first kappa shape index (κ1) is 24.7. The topological polar surface area (TPSA) is 63.2 Å². The third kappa shape index (κ3) is 6.39. The summed E-state index contributed by atoms with van der Waals surface area (Å²) in [6.45, 7) is 1.70. The van der Waals surface area contributed by atoms with Crippen LogP contribution in [0.3, 0.4) is 0 Å². The molecular formula is C27H28F3N3O2. The summed E-state index contributed by atoms with van der Waals surface area (Å²) in [5, 5.41) is 6.26. The molecule has 0 radical (unpaired) electrons. The summed E-state index contributed by atoms with van der Waals surface area (Å²) >= 11 is 0. The number of aromatic nitrogens is 1. The van der Waals surface area contributed by atoms with E-state index in [-0.39, 0.29) is 29.7 Å². The number of benzene rings is 2. The number of para-hydroxylation sites is 1. The summed E-state index contributed by atoms with van der Waals surface area (Å²) in [6.07, 6.45) is -1.43. The van der Waals surface area contributed by atoms with Crippen LogP contribution in [0.25, 0.3) is 11.3 Å². The van der Waals surface area contributed by atoms with E-state index in [1.54, 1.807) is 24.3 Å². The molecule has 1 amide bonds. The highest BCUT2D eigenvalue weighted by Gasteiger charge is 2.36. The minimum Gasteiger partial charge on any atom is -0.494 e. The average Bonchev–Trinajstić information content (AvgIpc) is 2.89. The minimum atomic E-state index is -4.58. The molecule has 35 heavy (non-hydrogen) atoms. The summed E-state index contributed by atoms with van der Waals surface area (Å²) in [4.78, 5) is 17.3. The van der Waals surface area contributed by atoms with Crippen molar-refractivity contribution in [3.63, 3.8) is 0 Å². The number of carbonyl (C=O) groups is 1. The Morgan fingerprint density at radius 1 is 1.03 bits per heavy atom. The van der Waals surface area contributed by atoms with Gasteiger partial charge in [-0.25, -0.2) is 0 Å². The van der Waals surface area contributed by atoms with Gasteiger partial charge in [-0.05, 0) is 61.8 Å². The molecule has 1 fully saturated rings. The second-order valence-electron chi connectivity index (χ2n) is 8.52. The van der Waals surface area contributed by atoms with E-state index in [2.05, 4.69) is 15.6 Å². The Morgan fingerprint density at radius 2 is 1.77 bits per heavy atom. The molecule has 1 atom stereocenters. The fourth-order valence-corrected chi connectivity index (χ4v) is 4.38. The van der Waals surface area contributed by atoms with Crippen molar-refractivity contribution in [3.05, 3.63) is 84.1 Å². The molecule has 1 aromatic heterocycles. The quantitative estimate of drug-likeness (QED) is 0.451. The van der Waals surface area contributed by atoms with E-state index in [0.717, 1.165) is 19.2 Å². The molecule has 5 nitrogen and oxygen atoms in total. The predicted molar refractivity (Wildman–Crippen MR) is 128 cm³/mol. The molecule has 3 aromatic rings. The van der Waals surface area contributed by atoms with E-state index in [0.29, 0.717) is 30.6 Å². The van der Waals surface area contributed by atoms with E-state index < -0.39 is 17.8 Å². The van der Waals surface area contributed by atoms with Crippen LogP contribution in [-0.2, 0) is 11.0 Å². The number of hydrogen-bond acceptors (Lipinski definition) is 4. The van der Waals surface area contributed by atoms with Crippen molar-refractivity contribution >= 4 is 5.91 Å². The van der Waals surface area contributed by atoms with Crippen LogP contribution in [0.2, 0.25) is 0 Å². The monoisotopic (exact) mass is 483 g/mol. The first-order valence-corrected chi connectivity index (χ1v) is 11.7. The van der Waals surface area contributed by atoms with Crippen LogP contribution in [0.15, 0.2) is 72.9 Å². The number of hydrogen-bond donors (Lipinski definition) is 2. The lowest BCUT2D eigenvalue weighted by molar-refractivity contribution is -0.137. The van der Waals surface area contributed by atoms with Crippen LogP contribution in [0.4, 0.5) is 13.2 Å². The highest BCUT2D eigenvalue weighted by Crippen LogP contribution is 2.40. The molecule has 1 unspecified atom stereocenters. The van der Waals surface area contributed by atoms with Crippen LogP contribution in [0.1, 0.15) is 36.4 Å². The van der Waals surface area contributed by atoms with Gasteiger partial charge in [-0.1, -0.05) is 36.4 Å². The lowest BCUT2D eigenvalue weighted by Gasteiger charge is -2.28. The molecule has 184 valence electrons. The Labute approximate surface area is 202 Å². The second-order valence-corrected chi connectivity index (χ2v) is 8.52. The van der Waals surface area contributed by atoms with E-state index in [1.165, 1.54) is 12.3 Å². The first-order chi connectivity index (χ1) is 16.9. The Hall–Kier alpha value is -3.39. The number of alkyl halides is 3. The van der Waals surface area contributed by atoms with Gasteiger partial charge in [0.05, 0.1) is 23.9 Å². The maximum atomic E-state index is 14.1. The van der Waals surface area contributed by atoms with Crippen molar-refractivity contribution in [2.24, 2.45) is 5.92 Å². The SMILES string of the molecule is O=C(NC(CCOc1ccccc1)c1cccc(C(F)(F)F)c1-c1ccccn1)C1CCNCC1. The molecule has 0 spiro atoms. The average molecular weight is 484 g/mol. The maximum absolute atomic E-state index is 14.1. The number of piperidine rings is 1. The number of nitrogens with one attached hydrogen (secondary N) is 2. The van der Waals surface area contributed by atoms with Crippen molar-refractivity contribution in [3.8, 4) is 17.0 Å². The number of rotatable bonds is 8. The number of nitrogens with zero attached hydrogens (tertiary/aromatic N) is 1. The van der Waals surface area contributed by atoms with Crippen molar-refractivity contribution < 1.29 is 22.7 Å².